The van der Waals surface area contributed by atoms with Crippen molar-refractivity contribution in [2.75, 3.05) is 13.2 Å². The smallest absolute Gasteiger partial charge is 0.230 e. The molecule has 1 aliphatic heterocycles. The molecule has 2 unspecified atom stereocenters. The molecule has 5 heteroatoms. The molecule has 0 aliphatic carbocycles. The number of amides is 1. The van der Waals surface area contributed by atoms with Crippen LogP contribution in [-0.2, 0) is 9.53 Å². The molecule has 3 N–H and O–H groups in total. The van der Waals surface area contributed by atoms with E-state index in [1.165, 1.54) is 0 Å². The van der Waals surface area contributed by atoms with Crippen molar-refractivity contribution in [2.24, 2.45) is 11.7 Å². The van der Waals surface area contributed by atoms with Crippen molar-refractivity contribution in [1.29, 1.82) is 0 Å². The Morgan fingerprint density at radius 2 is 2.47 bits per heavy atom. The topological polar surface area (TPSA) is 64.3 Å². The molecule has 0 aromatic heterocycles. The number of carbonyl (C=O) groups is 1. The van der Waals surface area contributed by atoms with E-state index in [2.05, 4.69) is 5.32 Å². The molecule has 4 nitrogen and oxygen atoms in total. The molecule has 15 heavy (non-hydrogen) atoms. The summed E-state index contributed by atoms with van der Waals surface area (Å²) >= 11 is 4.85. The van der Waals surface area contributed by atoms with Crippen LogP contribution in [0.25, 0.3) is 0 Å². The van der Waals surface area contributed by atoms with Gasteiger partial charge in [0.2, 0.25) is 5.91 Å². The third-order valence-electron chi connectivity index (χ3n) is 2.57. The second-order valence-corrected chi connectivity index (χ2v) is 4.26. The van der Waals surface area contributed by atoms with Crippen LogP contribution in [0.1, 0.15) is 26.2 Å². The summed E-state index contributed by atoms with van der Waals surface area (Å²) in [5, 5.41) is 2.92. The maximum absolute atomic E-state index is 11.7. The van der Waals surface area contributed by atoms with Crippen molar-refractivity contribution in [3.8, 4) is 0 Å². The maximum atomic E-state index is 11.7. The fourth-order valence-corrected chi connectivity index (χ4v) is 1.95. The van der Waals surface area contributed by atoms with Gasteiger partial charge in [0.05, 0.1) is 23.6 Å². The number of nitrogens with two attached hydrogens (primary N) is 1. The first-order chi connectivity index (χ1) is 7.15. The summed E-state index contributed by atoms with van der Waals surface area (Å²) in [6, 6.07) is 0.120. The fourth-order valence-electron chi connectivity index (χ4n) is 1.67. The summed E-state index contributed by atoms with van der Waals surface area (Å²) in [5.74, 6) is -0.414. The molecule has 1 aliphatic rings. The molecular formula is C10H18N2O2S. The van der Waals surface area contributed by atoms with E-state index in [4.69, 9.17) is 22.7 Å². The van der Waals surface area contributed by atoms with Crippen LogP contribution >= 0.6 is 12.2 Å². The van der Waals surface area contributed by atoms with Crippen LogP contribution in [0.3, 0.4) is 0 Å². The Kier molecular flexibility index (Phi) is 4.98. The van der Waals surface area contributed by atoms with E-state index >= 15 is 0 Å². The third-order valence-corrected chi connectivity index (χ3v) is 2.86. The minimum absolute atomic E-state index is 0.0690. The number of carbonyl (C=O) groups excluding carboxylic acids is 1. The lowest BCUT2D eigenvalue weighted by atomic mass is 10.0. The first-order valence-electron chi connectivity index (χ1n) is 5.32. The molecule has 0 aromatic carbocycles. The summed E-state index contributed by atoms with van der Waals surface area (Å²) in [7, 11) is 0. The van der Waals surface area contributed by atoms with Crippen LogP contribution in [0.5, 0.6) is 0 Å². The Bertz CT molecular complexity index is 240. The van der Waals surface area contributed by atoms with Crippen LogP contribution in [0.15, 0.2) is 0 Å². The number of nitrogens with one attached hydrogen (secondary N) is 1. The van der Waals surface area contributed by atoms with Gasteiger partial charge in [-0.15, -0.1) is 0 Å². The maximum Gasteiger partial charge on any atom is 0.230 e. The number of thiocarbonyl (C=S) groups is 1. The summed E-state index contributed by atoms with van der Waals surface area (Å²) in [5.41, 5.74) is 5.49. The van der Waals surface area contributed by atoms with Crippen LogP contribution < -0.4 is 11.1 Å². The molecule has 1 saturated heterocycles. The number of hydrogen-bond donors (Lipinski definition) is 2. The molecule has 1 amide bonds. The molecular weight excluding hydrogens is 212 g/mol. The van der Waals surface area contributed by atoms with Gasteiger partial charge < -0.3 is 15.8 Å². The SMILES string of the molecule is CCC(C(=O)NC1CCCOC1)C(N)=S. The minimum Gasteiger partial charge on any atom is -0.393 e. The van der Waals surface area contributed by atoms with Crippen LogP contribution in [0.4, 0.5) is 0 Å². The third kappa shape index (κ3) is 3.76. The summed E-state index contributed by atoms with van der Waals surface area (Å²) in [6.45, 7) is 3.29. The molecule has 0 radical (unpaired) electrons. The number of rotatable bonds is 4. The average Bonchev–Trinajstić information content (AvgIpc) is 2.19. The quantitative estimate of drug-likeness (QED) is 0.694. The van der Waals surface area contributed by atoms with Crippen molar-refractivity contribution < 1.29 is 9.53 Å². The van der Waals surface area contributed by atoms with Gasteiger partial charge in [-0.25, -0.2) is 0 Å². The van der Waals surface area contributed by atoms with Crippen molar-refractivity contribution in [1.82, 2.24) is 5.32 Å². The predicted octanol–water partition coefficient (Wildman–Crippen LogP) is 0.594. The van der Waals surface area contributed by atoms with Crippen LogP contribution in [0, 0.1) is 5.92 Å². The Morgan fingerprint density at radius 1 is 1.73 bits per heavy atom. The molecule has 0 saturated carbocycles. The summed E-state index contributed by atoms with van der Waals surface area (Å²) < 4.78 is 5.28. The zero-order chi connectivity index (χ0) is 11.3. The molecule has 1 fully saturated rings. The molecule has 0 spiro atoms. The van der Waals surface area contributed by atoms with Gasteiger partial charge in [-0.2, -0.15) is 0 Å². The highest BCUT2D eigenvalue weighted by atomic mass is 32.1. The van der Waals surface area contributed by atoms with E-state index in [-0.39, 0.29) is 22.9 Å². The Morgan fingerprint density at radius 3 is 2.93 bits per heavy atom. The van der Waals surface area contributed by atoms with Gasteiger partial charge in [-0.1, -0.05) is 19.1 Å². The molecule has 0 aromatic rings. The number of ether oxygens (including phenoxy) is 1. The van der Waals surface area contributed by atoms with Gasteiger partial charge in [0.1, 0.15) is 0 Å². The molecule has 0 bridgehead atoms. The monoisotopic (exact) mass is 230 g/mol. The lowest BCUT2D eigenvalue weighted by Gasteiger charge is -2.25. The van der Waals surface area contributed by atoms with Crippen molar-refractivity contribution in [3.63, 3.8) is 0 Å². The van der Waals surface area contributed by atoms with Gasteiger partial charge in [-0.3, -0.25) is 4.79 Å². The van der Waals surface area contributed by atoms with E-state index in [0.717, 1.165) is 19.4 Å². The van der Waals surface area contributed by atoms with Gasteiger partial charge in [0.15, 0.2) is 0 Å². The second kappa shape index (κ2) is 6.02. The summed E-state index contributed by atoms with van der Waals surface area (Å²) in [6.07, 6.45) is 2.61. The highest BCUT2D eigenvalue weighted by molar-refractivity contribution is 7.80. The van der Waals surface area contributed by atoms with Crippen molar-refractivity contribution >= 4 is 23.1 Å². The second-order valence-electron chi connectivity index (χ2n) is 3.79. The molecule has 1 rings (SSSR count). The summed E-state index contributed by atoms with van der Waals surface area (Å²) in [4.78, 5) is 12.0. The van der Waals surface area contributed by atoms with E-state index in [9.17, 15) is 4.79 Å². The number of hydrogen-bond acceptors (Lipinski definition) is 3. The zero-order valence-electron chi connectivity index (χ0n) is 8.99. The van der Waals surface area contributed by atoms with E-state index in [1.807, 2.05) is 6.92 Å². The Hall–Kier alpha value is -0.680. The van der Waals surface area contributed by atoms with E-state index < -0.39 is 0 Å². The van der Waals surface area contributed by atoms with Gasteiger partial charge in [0.25, 0.3) is 0 Å². The lowest BCUT2D eigenvalue weighted by molar-refractivity contribution is -0.124. The molecule has 1 heterocycles. The van der Waals surface area contributed by atoms with E-state index in [1.54, 1.807) is 0 Å². The predicted molar refractivity (Wildman–Crippen MR) is 62.6 cm³/mol. The average molecular weight is 230 g/mol. The molecule has 86 valence electrons. The first kappa shape index (κ1) is 12.4. The fraction of sp³-hybridized carbons (Fsp3) is 0.800. The Balaban J connectivity index is 2.42. The standard InChI is InChI=1S/C10H18N2O2S/c1-2-8(9(11)15)10(13)12-7-4-3-5-14-6-7/h7-8H,2-6H2,1H3,(H2,11,15)(H,12,13). The normalized spacial score (nSPS) is 23.1. The first-order valence-corrected chi connectivity index (χ1v) is 5.73. The van der Waals surface area contributed by atoms with Crippen molar-refractivity contribution in [2.45, 2.75) is 32.2 Å². The van der Waals surface area contributed by atoms with Crippen LogP contribution in [0.2, 0.25) is 0 Å². The minimum atomic E-state index is -0.345. The van der Waals surface area contributed by atoms with Crippen molar-refractivity contribution in [3.05, 3.63) is 0 Å². The van der Waals surface area contributed by atoms with Crippen LogP contribution in [-0.4, -0.2) is 30.2 Å². The van der Waals surface area contributed by atoms with E-state index in [0.29, 0.717) is 13.0 Å². The highest BCUT2D eigenvalue weighted by Gasteiger charge is 2.23. The Labute approximate surface area is 95.5 Å². The lowest BCUT2D eigenvalue weighted by Crippen LogP contribution is -2.46. The highest BCUT2D eigenvalue weighted by Crippen LogP contribution is 2.09. The van der Waals surface area contributed by atoms with Gasteiger partial charge in [-0.05, 0) is 19.3 Å². The van der Waals surface area contributed by atoms with Gasteiger partial charge in [0, 0.05) is 6.61 Å². The zero-order valence-corrected chi connectivity index (χ0v) is 9.81. The largest absolute Gasteiger partial charge is 0.393 e. The molecule has 2 atom stereocenters. The van der Waals surface area contributed by atoms with Gasteiger partial charge >= 0.3 is 0 Å².